The first-order valence-corrected chi connectivity index (χ1v) is 4.73. The van der Waals surface area contributed by atoms with Crippen LogP contribution in [0.5, 0.6) is 5.75 Å². The van der Waals surface area contributed by atoms with Crippen LogP contribution in [0.15, 0.2) is 24.3 Å². The third kappa shape index (κ3) is 1.98. The summed E-state index contributed by atoms with van der Waals surface area (Å²) in [5.74, 6) is 0.817. The summed E-state index contributed by atoms with van der Waals surface area (Å²) in [6, 6.07) is 7.64. The fourth-order valence-corrected chi connectivity index (χ4v) is 1.31. The van der Waals surface area contributed by atoms with E-state index < -0.39 is 0 Å². The molecule has 1 aromatic rings. The zero-order valence-corrected chi connectivity index (χ0v) is 8.01. The van der Waals surface area contributed by atoms with Crippen molar-refractivity contribution in [3.05, 3.63) is 29.8 Å². The van der Waals surface area contributed by atoms with E-state index in [-0.39, 0.29) is 0 Å². The largest absolute Gasteiger partial charge is 0.490 e. The summed E-state index contributed by atoms with van der Waals surface area (Å²) in [4.78, 5) is 0.399. The molecule has 0 aliphatic heterocycles. The molecule has 1 aliphatic carbocycles. The second-order valence-corrected chi connectivity index (χ2v) is 3.62. The van der Waals surface area contributed by atoms with Crippen molar-refractivity contribution in [2.45, 2.75) is 18.9 Å². The Morgan fingerprint density at radius 1 is 1.38 bits per heavy atom. The average molecular weight is 193 g/mol. The highest BCUT2D eigenvalue weighted by molar-refractivity contribution is 7.80. The summed E-state index contributed by atoms with van der Waals surface area (Å²) < 4.78 is 5.65. The number of hydrogen-bond acceptors (Lipinski definition) is 2. The van der Waals surface area contributed by atoms with Crippen LogP contribution in [0.25, 0.3) is 0 Å². The van der Waals surface area contributed by atoms with Crippen LogP contribution in [-0.4, -0.2) is 11.1 Å². The summed E-state index contributed by atoms with van der Waals surface area (Å²) in [6.45, 7) is 0. The van der Waals surface area contributed by atoms with Crippen molar-refractivity contribution in [1.82, 2.24) is 0 Å². The molecule has 0 aromatic heterocycles. The molecule has 2 rings (SSSR count). The summed E-state index contributed by atoms with van der Waals surface area (Å²) >= 11 is 4.92. The van der Waals surface area contributed by atoms with Crippen LogP contribution >= 0.6 is 12.2 Å². The molecule has 2 nitrogen and oxygen atoms in total. The van der Waals surface area contributed by atoms with Crippen molar-refractivity contribution >= 4 is 17.2 Å². The molecule has 2 N–H and O–H groups in total. The van der Waals surface area contributed by atoms with E-state index >= 15 is 0 Å². The maximum absolute atomic E-state index is 5.65. The van der Waals surface area contributed by atoms with Crippen LogP contribution < -0.4 is 10.5 Å². The molecule has 0 heterocycles. The molecule has 0 amide bonds. The summed E-state index contributed by atoms with van der Waals surface area (Å²) in [7, 11) is 0. The summed E-state index contributed by atoms with van der Waals surface area (Å²) in [5, 5.41) is 0. The molecule has 0 bridgehead atoms. The van der Waals surface area contributed by atoms with Gasteiger partial charge in [0.15, 0.2) is 0 Å². The summed E-state index contributed by atoms with van der Waals surface area (Å²) in [5.41, 5.74) is 6.40. The van der Waals surface area contributed by atoms with Crippen LogP contribution in [-0.2, 0) is 0 Å². The maximum Gasteiger partial charge on any atom is 0.129 e. The highest BCUT2D eigenvalue weighted by atomic mass is 32.1. The standard InChI is InChI=1S/C10H11NOS/c11-10(13)8-3-1-2-4-9(8)12-7-5-6-7/h1-4,7H,5-6H2,(H2,11,13). The van der Waals surface area contributed by atoms with E-state index in [4.69, 9.17) is 22.7 Å². The second kappa shape index (κ2) is 3.34. The van der Waals surface area contributed by atoms with Crippen molar-refractivity contribution in [3.8, 4) is 5.75 Å². The van der Waals surface area contributed by atoms with Crippen molar-refractivity contribution in [1.29, 1.82) is 0 Å². The lowest BCUT2D eigenvalue weighted by atomic mass is 10.2. The van der Waals surface area contributed by atoms with Crippen LogP contribution in [0.4, 0.5) is 0 Å². The third-order valence-corrected chi connectivity index (χ3v) is 2.19. The van der Waals surface area contributed by atoms with Gasteiger partial charge in [0.1, 0.15) is 10.7 Å². The molecule has 0 spiro atoms. The van der Waals surface area contributed by atoms with Gasteiger partial charge in [-0.05, 0) is 25.0 Å². The first-order valence-electron chi connectivity index (χ1n) is 4.33. The number of benzene rings is 1. The molecule has 1 fully saturated rings. The minimum Gasteiger partial charge on any atom is -0.490 e. The monoisotopic (exact) mass is 193 g/mol. The van der Waals surface area contributed by atoms with Crippen molar-refractivity contribution < 1.29 is 4.74 Å². The first-order chi connectivity index (χ1) is 6.27. The normalized spacial score (nSPS) is 15.4. The number of para-hydroxylation sites is 1. The van der Waals surface area contributed by atoms with Gasteiger partial charge in [0.2, 0.25) is 0 Å². The quantitative estimate of drug-likeness (QED) is 0.744. The van der Waals surface area contributed by atoms with Gasteiger partial charge < -0.3 is 10.5 Å². The molecule has 3 heteroatoms. The second-order valence-electron chi connectivity index (χ2n) is 3.18. The highest BCUT2D eigenvalue weighted by Gasteiger charge is 2.24. The molecule has 0 saturated heterocycles. The van der Waals surface area contributed by atoms with Gasteiger partial charge >= 0.3 is 0 Å². The SMILES string of the molecule is NC(=S)c1ccccc1OC1CC1. The Morgan fingerprint density at radius 2 is 2.08 bits per heavy atom. The molecule has 1 saturated carbocycles. The number of thiocarbonyl (C=S) groups is 1. The molecular formula is C10H11NOS. The predicted octanol–water partition coefficient (Wildman–Crippen LogP) is 1.86. The van der Waals surface area contributed by atoms with Crippen molar-refractivity contribution in [2.75, 3.05) is 0 Å². The maximum atomic E-state index is 5.65. The molecule has 0 atom stereocenters. The van der Waals surface area contributed by atoms with Gasteiger partial charge in [0.05, 0.1) is 11.7 Å². The molecular weight excluding hydrogens is 182 g/mol. The van der Waals surface area contributed by atoms with Gasteiger partial charge in [-0.2, -0.15) is 0 Å². The van der Waals surface area contributed by atoms with E-state index in [1.807, 2.05) is 24.3 Å². The summed E-state index contributed by atoms with van der Waals surface area (Å²) in [6.07, 6.45) is 2.67. The Labute approximate surface area is 82.7 Å². The van der Waals surface area contributed by atoms with E-state index in [9.17, 15) is 0 Å². The zero-order chi connectivity index (χ0) is 9.26. The van der Waals surface area contributed by atoms with E-state index in [1.54, 1.807) is 0 Å². The minimum atomic E-state index is 0.385. The predicted molar refractivity (Wildman–Crippen MR) is 56.0 cm³/mol. The molecule has 68 valence electrons. The van der Waals surface area contributed by atoms with E-state index in [1.165, 1.54) is 0 Å². The fraction of sp³-hybridized carbons (Fsp3) is 0.300. The van der Waals surface area contributed by atoms with Gasteiger partial charge in [-0.3, -0.25) is 0 Å². The molecule has 1 aromatic carbocycles. The number of hydrogen-bond donors (Lipinski definition) is 1. The van der Waals surface area contributed by atoms with E-state index in [0.717, 1.165) is 24.2 Å². The van der Waals surface area contributed by atoms with E-state index in [0.29, 0.717) is 11.1 Å². The Morgan fingerprint density at radius 3 is 2.69 bits per heavy atom. The minimum absolute atomic E-state index is 0.385. The highest BCUT2D eigenvalue weighted by Crippen LogP contribution is 2.28. The zero-order valence-electron chi connectivity index (χ0n) is 7.19. The van der Waals surface area contributed by atoms with Gasteiger partial charge in [-0.25, -0.2) is 0 Å². The number of rotatable bonds is 3. The average Bonchev–Trinajstić information content (AvgIpc) is 2.89. The lowest BCUT2D eigenvalue weighted by Gasteiger charge is -2.08. The number of ether oxygens (including phenoxy) is 1. The Kier molecular flexibility index (Phi) is 2.19. The van der Waals surface area contributed by atoms with Gasteiger partial charge in [-0.1, -0.05) is 24.4 Å². The molecule has 0 radical (unpaired) electrons. The van der Waals surface area contributed by atoms with Crippen molar-refractivity contribution in [3.63, 3.8) is 0 Å². The molecule has 13 heavy (non-hydrogen) atoms. The third-order valence-electron chi connectivity index (χ3n) is 1.97. The Balaban J connectivity index is 2.25. The van der Waals surface area contributed by atoms with Gasteiger partial charge in [0.25, 0.3) is 0 Å². The van der Waals surface area contributed by atoms with Crippen LogP contribution in [0.1, 0.15) is 18.4 Å². The Bertz CT molecular complexity index is 333. The van der Waals surface area contributed by atoms with E-state index in [2.05, 4.69) is 0 Å². The first kappa shape index (κ1) is 8.51. The molecule has 0 unspecified atom stereocenters. The topological polar surface area (TPSA) is 35.2 Å². The van der Waals surface area contributed by atoms with Gasteiger partial charge in [0, 0.05) is 0 Å². The smallest absolute Gasteiger partial charge is 0.129 e. The fourth-order valence-electron chi connectivity index (χ4n) is 1.14. The number of nitrogens with two attached hydrogens (primary N) is 1. The van der Waals surface area contributed by atoms with Crippen LogP contribution in [0.2, 0.25) is 0 Å². The lowest BCUT2D eigenvalue weighted by molar-refractivity contribution is 0.302. The lowest BCUT2D eigenvalue weighted by Crippen LogP contribution is -2.12. The van der Waals surface area contributed by atoms with Crippen LogP contribution in [0.3, 0.4) is 0 Å². The van der Waals surface area contributed by atoms with Crippen LogP contribution in [0, 0.1) is 0 Å². The van der Waals surface area contributed by atoms with Crippen molar-refractivity contribution in [2.24, 2.45) is 5.73 Å². The van der Waals surface area contributed by atoms with Gasteiger partial charge in [-0.15, -0.1) is 0 Å². The molecule has 1 aliphatic rings. The Hall–Kier alpha value is -1.09.